The number of aromatic nitrogens is 5. The molecule has 24 heavy (non-hydrogen) atoms. The van der Waals surface area contributed by atoms with E-state index in [2.05, 4.69) is 44.3 Å². The van der Waals surface area contributed by atoms with Gasteiger partial charge in [0.2, 0.25) is 0 Å². The van der Waals surface area contributed by atoms with E-state index < -0.39 is 0 Å². The van der Waals surface area contributed by atoms with Crippen LogP contribution in [0, 0.1) is 0 Å². The second-order valence-corrected chi connectivity index (χ2v) is 6.31. The second kappa shape index (κ2) is 6.80. The molecule has 118 valence electrons. The molecule has 6 heteroatoms. The minimum atomic E-state index is 0.672. The van der Waals surface area contributed by atoms with E-state index >= 15 is 0 Å². The fraction of sp³-hybridized carbons (Fsp3) is 0.111. The summed E-state index contributed by atoms with van der Waals surface area (Å²) in [6.45, 7) is 0.672. The molecule has 0 atom stereocenters. The summed E-state index contributed by atoms with van der Waals surface area (Å²) in [5.74, 6) is 0.877. The predicted octanol–water partition coefficient (Wildman–Crippen LogP) is 3.56. The Morgan fingerprint density at radius 1 is 0.917 bits per heavy atom. The number of nitrogens with zero attached hydrogens (tertiary/aromatic N) is 5. The molecule has 4 rings (SSSR count). The fourth-order valence-corrected chi connectivity index (χ4v) is 3.41. The smallest absolute Gasteiger partial charge is 0.162 e. The van der Waals surface area contributed by atoms with Gasteiger partial charge in [0.1, 0.15) is 11.4 Å². The SMILES string of the molecule is c1ccc(CSc2ncnc3c2cnn3Cc2ccncc2)cc1. The molecule has 0 fully saturated rings. The number of pyridine rings is 1. The van der Waals surface area contributed by atoms with Crippen molar-refractivity contribution in [1.82, 2.24) is 24.7 Å². The number of benzene rings is 1. The lowest BCUT2D eigenvalue weighted by Gasteiger charge is -2.04. The van der Waals surface area contributed by atoms with Crippen LogP contribution in [0.15, 0.2) is 72.4 Å². The van der Waals surface area contributed by atoms with Crippen LogP contribution in [0.25, 0.3) is 11.0 Å². The first-order valence-electron chi connectivity index (χ1n) is 7.62. The Bertz CT molecular complexity index is 937. The van der Waals surface area contributed by atoms with Crippen molar-refractivity contribution in [2.75, 3.05) is 0 Å². The summed E-state index contributed by atoms with van der Waals surface area (Å²) in [7, 11) is 0. The predicted molar refractivity (Wildman–Crippen MR) is 94.7 cm³/mol. The zero-order valence-corrected chi connectivity index (χ0v) is 13.7. The fourth-order valence-electron chi connectivity index (χ4n) is 2.49. The summed E-state index contributed by atoms with van der Waals surface area (Å²) < 4.78 is 1.90. The van der Waals surface area contributed by atoms with Crippen LogP contribution in [0.2, 0.25) is 0 Å². The van der Waals surface area contributed by atoms with Crippen molar-refractivity contribution in [3.05, 3.63) is 78.5 Å². The first-order valence-corrected chi connectivity index (χ1v) is 8.61. The van der Waals surface area contributed by atoms with Crippen LogP contribution >= 0.6 is 11.8 Å². The molecule has 0 N–H and O–H groups in total. The molecule has 1 aromatic carbocycles. The van der Waals surface area contributed by atoms with Gasteiger partial charge in [-0.05, 0) is 23.3 Å². The minimum Gasteiger partial charge on any atom is -0.265 e. The van der Waals surface area contributed by atoms with Gasteiger partial charge in [0.05, 0.1) is 18.1 Å². The van der Waals surface area contributed by atoms with Crippen LogP contribution in [-0.2, 0) is 12.3 Å². The van der Waals surface area contributed by atoms with Crippen molar-refractivity contribution >= 4 is 22.8 Å². The number of fused-ring (bicyclic) bond motifs is 1. The zero-order valence-electron chi connectivity index (χ0n) is 12.9. The molecule has 0 aliphatic heterocycles. The molecule has 5 nitrogen and oxygen atoms in total. The number of rotatable bonds is 5. The third kappa shape index (κ3) is 3.14. The number of hydrogen-bond donors (Lipinski definition) is 0. The van der Waals surface area contributed by atoms with Crippen molar-refractivity contribution in [1.29, 1.82) is 0 Å². The van der Waals surface area contributed by atoms with E-state index in [9.17, 15) is 0 Å². The lowest BCUT2D eigenvalue weighted by atomic mass is 10.2. The van der Waals surface area contributed by atoms with E-state index in [1.165, 1.54) is 5.56 Å². The molecule has 0 saturated carbocycles. The van der Waals surface area contributed by atoms with E-state index in [0.29, 0.717) is 6.54 Å². The Morgan fingerprint density at radius 2 is 1.75 bits per heavy atom. The summed E-state index contributed by atoms with van der Waals surface area (Å²) in [4.78, 5) is 12.9. The quantitative estimate of drug-likeness (QED) is 0.413. The maximum atomic E-state index is 4.49. The Labute approximate surface area is 143 Å². The zero-order chi connectivity index (χ0) is 16.2. The highest BCUT2D eigenvalue weighted by atomic mass is 32.2. The highest BCUT2D eigenvalue weighted by Crippen LogP contribution is 2.27. The third-order valence-electron chi connectivity index (χ3n) is 3.70. The van der Waals surface area contributed by atoms with Crippen LogP contribution in [0.3, 0.4) is 0 Å². The lowest BCUT2D eigenvalue weighted by Crippen LogP contribution is -2.02. The first-order chi connectivity index (χ1) is 11.9. The third-order valence-corrected chi connectivity index (χ3v) is 4.77. The molecule has 3 aromatic heterocycles. The summed E-state index contributed by atoms with van der Waals surface area (Å²) in [6.07, 6.45) is 7.04. The maximum absolute atomic E-state index is 4.49. The molecule has 0 aliphatic carbocycles. The molecule has 3 heterocycles. The molecule has 0 aliphatic rings. The molecule has 4 aromatic rings. The standard InChI is InChI=1S/C18H15N5S/c1-2-4-15(5-3-1)12-24-18-16-10-22-23(17(16)20-13-21-18)11-14-6-8-19-9-7-14/h1-10,13H,11-12H2. The Balaban J connectivity index is 1.59. The van der Waals surface area contributed by atoms with Gasteiger partial charge in [0, 0.05) is 18.1 Å². The minimum absolute atomic E-state index is 0.672. The van der Waals surface area contributed by atoms with Crippen LogP contribution in [-0.4, -0.2) is 24.7 Å². The van der Waals surface area contributed by atoms with Crippen molar-refractivity contribution in [2.45, 2.75) is 17.3 Å². The van der Waals surface area contributed by atoms with Crippen LogP contribution in [0.4, 0.5) is 0 Å². The van der Waals surface area contributed by atoms with E-state index in [4.69, 9.17) is 0 Å². The monoisotopic (exact) mass is 333 g/mol. The summed E-state index contributed by atoms with van der Waals surface area (Å²) in [5.41, 5.74) is 3.28. The van der Waals surface area contributed by atoms with Gasteiger partial charge in [-0.1, -0.05) is 30.3 Å². The topological polar surface area (TPSA) is 56.5 Å². The molecular weight excluding hydrogens is 318 g/mol. The van der Waals surface area contributed by atoms with Crippen molar-refractivity contribution in [3.8, 4) is 0 Å². The van der Waals surface area contributed by atoms with E-state index in [-0.39, 0.29) is 0 Å². The van der Waals surface area contributed by atoms with Gasteiger partial charge in [0.15, 0.2) is 5.65 Å². The van der Waals surface area contributed by atoms with Gasteiger partial charge in [-0.25, -0.2) is 14.6 Å². The van der Waals surface area contributed by atoms with Gasteiger partial charge in [0.25, 0.3) is 0 Å². The molecular formula is C18H15N5S. The van der Waals surface area contributed by atoms with E-state index in [0.717, 1.165) is 27.4 Å². The van der Waals surface area contributed by atoms with Gasteiger partial charge in [-0.2, -0.15) is 5.10 Å². The van der Waals surface area contributed by atoms with Crippen molar-refractivity contribution < 1.29 is 0 Å². The van der Waals surface area contributed by atoms with Crippen molar-refractivity contribution in [2.24, 2.45) is 0 Å². The van der Waals surface area contributed by atoms with Gasteiger partial charge in [-0.3, -0.25) is 4.98 Å². The summed E-state index contributed by atoms with van der Waals surface area (Å²) >= 11 is 1.71. The molecule has 0 saturated heterocycles. The van der Waals surface area contributed by atoms with Crippen LogP contribution in [0.1, 0.15) is 11.1 Å². The maximum Gasteiger partial charge on any atom is 0.162 e. The highest BCUT2D eigenvalue weighted by Gasteiger charge is 2.10. The largest absolute Gasteiger partial charge is 0.265 e. The average molecular weight is 333 g/mol. The average Bonchev–Trinajstić information content (AvgIpc) is 3.05. The van der Waals surface area contributed by atoms with Crippen molar-refractivity contribution in [3.63, 3.8) is 0 Å². The molecule has 0 spiro atoms. The van der Waals surface area contributed by atoms with Gasteiger partial charge < -0.3 is 0 Å². The highest BCUT2D eigenvalue weighted by molar-refractivity contribution is 7.98. The first kappa shape index (κ1) is 14.8. The molecule has 0 bridgehead atoms. The number of hydrogen-bond acceptors (Lipinski definition) is 5. The molecule has 0 unspecified atom stereocenters. The molecule has 0 amide bonds. The molecule has 0 radical (unpaired) electrons. The Morgan fingerprint density at radius 3 is 2.58 bits per heavy atom. The summed E-state index contributed by atoms with van der Waals surface area (Å²) in [5, 5.41) is 6.44. The summed E-state index contributed by atoms with van der Waals surface area (Å²) in [6, 6.07) is 14.4. The van der Waals surface area contributed by atoms with E-state index in [1.807, 2.05) is 29.1 Å². The van der Waals surface area contributed by atoms with Crippen LogP contribution in [0.5, 0.6) is 0 Å². The van der Waals surface area contributed by atoms with E-state index in [1.54, 1.807) is 30.5 Å². The Hall–Kier alpha value is -2.73. The lowest BCUT2D eigenvalue weighted by molar-refractivity contribution is 0.702. The number of thioether (sulfide) groups is 1. The normalized spacial score (nSPS) is 11.0. The van der Waals surface area contributed by atoms with Gasteiger partial charge >= 0.3 is 0 Å². The second-order valence-electron chi connectivity index (χ2n) is 5.35. The van der Waals surface area contributed by atoms with Gasteiger partial charge in [-0.15, -0.1) is 11.8 Å². The Kier molecular flexibility index (Phi) is 4.20. The van der Waals surface area contributed by atoms with Crippen LogP contribution < -0.4 is 0 Å².